The number of benzene rings is 2. The molecule has 134 valence electrons. The first-order valence-corrected chi connectivity index (χ1v) is 8.97. The highest BCUT2D eigenvalue weighted by Crippen LogP contribution is 2.30. The van der Waals surface area contributed by atoms with Gasteiger partial charge in [-0.05, 0) is 49.8 Å². The molecule has 26 heavy (non-hydrogen) atoms. The molecule has 0 aliphatic carbocycles. The van der Waals surface area contributed by atoms with Gasteiger partial charge in [-0.15, -0.1) is 0 Å². The molecule has 0 aromatic heterocycles. The maximum Gasteiger partial charge on any atom is 0.266 e. The molecule has 0 heterocycles. The lowest BCUT2D eigenvalue weighted by atomic mass is 10.1. The Labute approximate surface area is 163 Å². The van der Waals surface area contributed by atoms with Gasteiger partial charge in [0.15, 0.2) is 0 Å². The molecule has 0 saturated heterocycles. The average Bonchev–Trinajstić information content (AvgIpc) is 2.65. The summed E-state index contributed by atoms with van der Waals surface area (Å²) in [7, 11) is 0. The van der Waals surface area contributed by atoms with Crippen LogP contribution >= 0.6 is 23.2 Å². The molecule has 0 aliphatic heterocycles. The zero-order chi connectivity index (χ0) is 19.1. The molecule has 4 nitrogen and oxygen atoms in total. The van der Waals surface area contributed by atoms with Crippen LogP contribution < -0.4 is 10.2 Å². The number of hydrogen-bond donors (Lipinski definition) is 1. The Morgan fingerprint density at radius 3 is 2.19 bits per heavy atom. The van der Waals surface area contributed by atoms with Gasteiger partial charge in [0, 0.05) is 18.8 Å². The van der Waals surface area contributed by atoms with Crippen molar-refractivity contribution >= 4 is 46.6 Å². The smallest absolute Gasteiger partial charge is 0.266 e. The van der Waals surface area contributed by atoms with E-state index in [1.54, 1.807) is 18.2 Å². The van der Waals surface area contributed by atoms with Gasteiger partial charge in [0.2, 0.25) is 0 Å². The molecule has 0 aliphatic rings. The van der Waals surface area contributed by atoms with Gasteiger partial charge in [0.25, 0.3) is 5.91 Å². The second-order valence-corrected chi connectivity index (χ2v) is 6.30. The third-order valence-electron chi connectivity index (χ3n) is 3.90. The Balaban J connectivity index is 2.22. The number of amides is 1. The van der Waals surface area contributed by atoms with Gasteiger partial charge in [0.1, 0.15) is 11.6 Å². The number of nitrogens with zero attached hydrogens (tertiary/aromatic N) is 2. The highest BCUT2D eigenvalue weighted by atomic mass is 35.5. The van der Waals surface area contributed by atoms with E-state index in [0.717, 1.165) is 24.3 Å². The lowest BCUT2D eigenvalue weighted by molar-refractivity contribution is -0.112. The lowest BCUT2D eigenvalue weighted by Crippen LogP contribution is -2.21. The summed E-state index contributed by atoms with van der Waals surface area (Å²) in [4.78, 5) is 14.6. The van der Waals surface area contributed by atoms with Crippen molar-refractivity contribution in [3.05, 3.63) is 63.6 Å². The van der Waals surface area contributed by atoms with Crippen molar-refractivity contribution in [2.75, 3.05) is 23.3 Å². The van der Waals surface area contributed by atoms with Crippen LogP contribution in [0.3, 0.4) is 0 Å². The highest BCUT2D eigenvalue weighted by molar-refractivity contribution is 6.40. The Bertz CT molecular complexity index is 830. The Morgan fingerprint density at radius 2 is 1.69 bits per heavy atom. The minimum atomic E-state index is -0.560. The van der Waals surface area contributed by atoms with Crippen LogP contribution in [-0.2, 0) is 4.79 Å². The highest BCUT2D eigenvalue weighted by Gasteiger charge is 2.14. The molecular formula is C20H19Cl2N3O. The Kier molecular flexibility index (Phi) is 7.08. The maximum absolute atomic E-state index is 12.4. The summed E-state index contributed by atoms with van der Waals surface area (Å²) < 4.78 is 0. The molecule has 0 saturated carbocycles. The normalized spacial score (nSPS) is 11.0. The molecule has 0 fully saturated rings. The van der Waals surface area contributed by atoms with Gasteiger partial charge in [-0.1, -0.05) is 41.4 Å². The molecule has 0 spiro atoms. The van der Waals surface area contributed by atoms with Crippen molar-refractivity contribution in [2.24, 2.45) is 0 Å². The summed E-state index contributed by atoms with van der Waals surface area (Å²) in [5, 5.41) is 12.6. The summed E-state index contributed by atoms with van der Waals surface area (Å²) in [5.74, 6) is -0.560. The maximum atomic E-state index is 12.4. The number of hydrogen-bond acceptors (Lipinski definition) is 3. The van der Waals surface area contributed by atoms with E-state index in [9.17, 15) is 10.1 Å². The minimum absolute atomic E-state index is 0.0309. The second-order valence-electron chi connectivity index (χ2n) is 5.48. The molecule has 1 N–H and O–H groups in total. The van der Waals surface area contributed by atoms with Crippen molar-refractivity contribution in [3.8, 4) is 6.07 Å². The zero-order valence-corrected chi connectivity index (χ0v) is 16.1. The summed E-state index contributed by atoms with van der Waals surface area (Å²) in [6.45, 7) is 6.01. The van der Waals surface area contributed by atoms with E-state index in [1.807, 2.05) is 30.3 Å². The molecule has 2 rings (SSSR count). The number of halogens is 2. The largest absolute Gasteiger partial charge is 0.372 e. The lowest BCUT2D eigenvalue weighted by Gasteiger charge is -2.20. The zero-order valence-electron chi connectivity index (χ0n) is 14.6. The molecular weight excluding hydrogens is 369 g/mol. The van der Waals surface area contributed by atoms with E-state index in [1.165, 1.54) is 6.08 Å². The molecule has 6 heteroatoms. The summed E-state index contributed by atoms with van der Waals surface area (Å²) >= 11 is 12.1. The van der Waals surface area contributed by atoms with Crippen LogP contribution in [0.5, 0.6) is 0 Å². The Hall–Kier alpha value is -2.48. The minimum Gasteiger partial charge on any atom is -0.372 e. The van der Waals surface area contributed by atoms with E-state index < -0.39 is 5.91 Å². The summed E-state index contributed by atoms with van der Waals surface area (Å²) in [6.07, 6.45) is 1.53. The van der Waals surface area contributed by atoms with Crippen molar-refractivity contribution in [3.63, 3.8) is 0 Å². The Morgan fingerprint density at radius 1 is 1.12 bits per heavy atom. The molecule has 2 aromatic rings. The summed E-state index contributed by atoms with van der Waals surface area (Å²) in [5.41, 5.74) is 2.12. The van der Waals surface area contributed by atoms with E-state index in [4.69, 9.17) is 23.2 Å². The third kappa shape index (κ3) is 4.78. The molecule has 1 amide bonds. The SMILES string of the molecule is CCN(CC)c1ccc(/C=C(\C#N)C(=O)Nc2c(Cl)cccc2Cl)cc1. The monoisotopic (exact) mass is 387 g/mol. The standard InChI is InChI=1S/C20H19Cl2N3O/c1-3-25(4-2)16-10-8-14(9-11-16)12-15(13-23)20(26)24-19-17(21)6-5-7-18(19)22/h5-12H,3-4H2,1-2H3,(H,24,26)/b15-12+. The van der Waals surface area contributed by atoms with E-state index >= 15 is 0 Å². The number of nitrogens with one attached hydrogen (secondary N) is 1. The second kappa shape index (κ2) is 9.28. The van der Waals surface area contributed by atoms with Crippen molar-refractivity contribution < 1.29 is 4.79 Å². The van der Waals surface area contributed by atoms with Crippen molar-refractivity contribution in [1.29, 1.82) is 5.26 Å². The van der Waals surface area contributed by atoms with Crippen molar-refractivity contribution in [2.45, 2.75) is 13.8 Å². The van der Waals surface area contributed by atoms with Gasteiger partial charge in [-0.2, -0.15) is 5.26 Å². The van der Waals surface area contributed by atoms with Crippen LogP contribution in [0.25, 0.3) is 6.08 Å². The first-order chi connectivity index (χ1) is 12.5. The number of rotatable bonds is 6. The fourth-order valence-electron chi connectivity index (χ4n) is 2.48. The van der Waals surface area contributed by atoms with Gasteiger partial charge in [-0.25, -0.2) is 0 Å². The first kappa shape index (κ1) is 19.8. The number of nitriles is 1. The fraction of sp³-hybridized carbons (Fsp3) is 0.200. The molecule has 0 bridgehead atoms. The molecule has 0 unspecified atom stereocenters. The van der Waals surface area contributed by atoms with Crippen LogP contribution in [0, 0.1) is 11.3 Å². The predicted molar refractivity (Wildman–Crippen MR) is 109 cm³/mol. The summed E-state index contributed by atoms with van der Waals surface area (Å²) in [6, 6.07) is 14.5. The predicted octanol–water partition coefficient (Wildman–Crippen LogP) is 5.39. The average molecular weight is 388 g/mol. The third-order valence-corrected chi connectivity index (χ3v) is 4.53. The van der Waals surface area contributed by atoms with E-state index in [0.29, 0.717) is 15.7 Å². The molecule has 2 aromatic carbocycles. The van der Waals surface area contributed by atoms with Crippen molar-refractivity contribution in [1.82, 2.24) is 0 Å². The van der Waals surface area contributed by atoms with Crippen LogP contribution in [0.15, 0.2) is 48.0 Å². The number of carbonyl (C=O) groups excluding carboxylic acids is 1. The molecule has 0 atom stereocenters. The van der Waals surface area contributed by atoms with Gasteiger partial charge in [-0.3, -0.25) is 4.79 Å². The van der Waals surface area contributed by atoms with Gasteiger partial charge >= 0.3 is 0 Å². The fourth-order valence-corrected chi connectivity index (χ4v) is 2.98. The van der Waals surface area contributed by atoms with Crippen LogP contribution in [0.2, 0.25) is 10.0 Å². The van der Waals surface area contributed by atoms with E-state index in [-0.39, 0.29) is 5.57 Å². The quantitative estimate of drug-likeness (QED) is 0.534. The van der Waals surface area contributed by atoms with Crippen LogP contribution in [0.1, 0.15) is 19.4 Å². The van der Waals surface area contributed by atoms with E-state index in [2.05, 4.69) is 24.1 Å². The number of carbonyl (C=O) groups is 1. The van der Waals surface area contributed by atoms with Gasteiger partial charge < -0.3 is 10.2 Å². The van der Waals surface area contributed by atoms with Crippen LogP contribution in [0.4, 0.5) is 11.4 Å². The number of para-hydroxylation sites is 1. The van der Waals surface area contributed by atoms with Gasteiger partial charge in [0.05, 0.1) is 15.7 Å². The molecule has 0 radical (unpaired) electrons. The first-order valence-electron chi connectivity index (χ1n) is 8.22. The topological polar surface area (TPSA) is 56.1 Å². The number of anilines is 2. The van der Waals surface area contributed by atoms with Crippen LogP contribution in [-0.4, -0.2) is 19.0 Å².